The van der Waals surface area contributed by atoms with Crippen LogP contribution in [0.1, 0.15) is 25.3 Å². The van der Waals surface area contributed by atoms with Gasteiger partial charge in [0.25, 0.3) is 5.91 Å². The number of carbonyl (C=O) groups is 2. The number of ether oxygens (including phenoxy) is 3. The molecule has 1 saturated heterocycles. The van der Waals surface area contributed by atoms with Gasteiger partial charge in [-0.1, -0.05) is 31.2 Å². The van der Waals surface area contributed by atoms with E-state index in [0.29, 0.717) is 41.2 Å². The largest absolute Gasteiger partial charge is 0.494 e. The van der Waals surface area contributed by atoms with Gasteiger partial charge in [0.2, 0.25) is 12.7 Å². The van der Waals surface area contributed by atoms with Gasteiger partial charge in [-0.2, -0.15) is 0 Å². The summed E-state index contributed by atoms with van der Waals surface area (Å²) in [6.45, 7) is 3.10. The maximum Gasteiger partial charge on any atom is 0.257 e. The smallest absolute Gasteiger partial charge is 0.257 e. The molecule has 2 heterocycles. The van der Waals surface area contributed by atoms with Crippen molar-refractivity contribution in [3.63, 3.8) is 0 Å². The molecule has 0 unspecified atom stereocenters. The number of nitrogens with zero attached hydrogens (tertiary/aromatic N) is 2. The zero-order valence-electron chi connectivity index (χ0n) is 20.4. The molecule has 2 amide bonds. The van der Waals surface area contributed by atoms with Crippen molar-refractivity contribution in [3.8, 4) is 17.2 Å². The van der Waals surface area contributed by atoms with Crippen LogP contribution in [0.5, 0.6) is 17.2 Å². The molecule has 5 rings (SSSR count). The zero-order valence-corrected chi connectivity index (χ0v) is 21.2. The van der Waals surface area contributed by atoms with Crippen LogP contribution in [-0.4, -0.2) is 41.3 Å². The molecule has 0 radical (unpaired) electrons. The predicted molar refractivity (Wildman–Crippen MR) is 144 cm³/mol. The van der Waals surface area contributed by atoms with E-state index in [-0.39, 0.29) is 25.0 Å². The van der Waals surface area contributed by atoms with E-state index >= 15 is 0 Å². The van der Waals surface area contributed by atoms with Gasteiger partial charge < -0.3 is 24.4 Å². The average molecular weight is 518 g/mol. The topological polar surface area (TPSA) is 80.3 Å². The van der Waals surface area contributed by atoms with Crippen molar-refractivity contribution in [2.75, 3.05) is 23.6 Å². The minimum Gasteiger partial charge on any atom is -0.494 e. The van der Waals surface area contributed by atoms with E-state index in [2.05, 4.69) is 5.32 Å². The summed E-state index contributed by atoms with van der Waals surface area (Å²) in [5.41, 5.74) is 2.17. The van der Waals surface area contributed by atoms with Crippen LogP contribution < -0.4 is 24.4 Å². The summed E-state index contributed by atoms with van der Waals surface area (Å²) in [6, 6.07) is 21.3. The molecule has 3 aromatic rings. The van der Waals surface area contributed by atoms with Crippen LogP contribution in [-0.2, 0) is 16.1 Å². The van der Waals surface area contributed by atoms with Crippen molar-refractivity contribution in [2.45, 2.75) is 32.4 Å². The SMILES string of the molecule is CCCOc1ccc(N2C(=O)C[C@@H](N(Cc3ccc4c(c3)OCO4)C(=S)Nc3ccccc3)C2=O)cc1. The molecular formula is C28H27N3O5S. The molecule has 1 atom stereocenters. The molecule has 0 saturated carbocycles. The zero-order chi connectivity index (χ0) is 25.8. The summed E-state index contributed by atoms with van der Waals surface area (Å²) in [7, 11) is 0. The number of nitrogens with one attached hydrogen (secondary N) is 1. The van der Waals surface area contributed by atoms with Crippen molar-refractivity contribution in [1.29, 1.82) is 0 Å². The minimum absolute atomic E-state index is 0.00802. The molecule has 0 aliphatic carbocycles. The highest BCUT2D eigenvalue weighted by Crippen LogP contribution is 2.34. The molecule has 9 heteroatoms. The average Bonchev–Trinajstić information content (AvgIpc) is 3.50. The lowest BCUT2D eigenvalue weighted by Crippen LogP contribution is -2.46. The molecule has 0 bridgehead atoms. The predicted octanol–water partition coefficient (Wildman–Crippen LogP) is 4.74. The number of carbonyl (C=O) groups excluding carboxylic acids is 2. The minimum atomic E-state index is -0.766. The molecule has 8 nitrogen and oxygen atoms in total. The number of hydrogen-bond acceptors (Lipinski definition) is 6. The second kappa shape index (κ2) is 10.9. The van der Waals surface area contributed by atoms with Gasteiger partial charge in [0, 0.05) is 12.2 Å². The summed E-state index contributed by atoms with van der Waals surface area (Å²) in [5.74, 6) is 1.39. The van der Waals surface area contributed by atoms with Crippen molar-refractivity contribution in [1.82, 2.24) is 4.90 Å². The van der Waals surface area contributed by atoms with E-state index in [1.807, 2.05) is 55.5 Å². The molecule has 37 heavy (non-hydrogen) atoms. The van der Waals surface area contributed by atoms with Crippen LogP contribution in [0.2, 0.25) is 0 Å². The summed E-state index contributed by atoms with van der Waals surface area (Å²) in [4.78, 5) is 29.7. The van der Waals surface area contributed by atoms with Crippen molar-refractivity contribution in [2.24, 2.45) is 0 Å². The standard InChI is InChI=1S/C28H27N3O5S/c1-2-14-34-22-11-9-21(10-12-22)31-26(32)16-23(27(31)33)30(28(37)29-20-6-4-3-5-7-20)17-19-8-13-24-25(15-19)36-18-35-24/h3-13,15,23H,2,14,16-18H2,1H3,(H,29,37)/t23-/m1/s1. The molecule has 1 N–H and O–H groups in total. The van der Waals surface area contributed by atoms with Gasteiger partial charge in [-0.15, -0.1) is 0 Å². The number of rotatable bonds is 8. The number of fused-ring (bicyclic) bond motifs is 1. The van der Waals surface area contributed by atoms with E-state index in [1.165, 1.54) is 4.90 Å². The summed E-state index contributed by atoms with van der Waals surface area (Å²) < 4.78 is 16.6. The molecule has 1 fully saturated rings. The Kier molecular flexibility index (Phi) is 7.23. The highest BCUT2D eigenvalue weighted by atomic mass is 32.1. The van der Waals surface area contributed by atoms with Crippen LogP contribution in [0.15, 0.2) is 72.8 Å². The van der Waals surface area contributed by atoms with E-state index < -0.39 is 6.04 Å². The van der Waals surface area contributed by atoms with Gasteiger partial charge in [0.15, 0.2) is 16.6 Å². The fourth-order valence-electron chi connectivity index (χ4n) is 4.32. The molecule has 3 aromatic carbocycles. The normalized spacial score (nSPS) is 16.1. The number of amides is 2. The second-order valence-electron chi connectivity index (χ2n) is 8.74. The fourth-order valence-corrected chi connectivity index (χ4v) is 4.63. The van der Waals surface area contributed by atoms with Gasteiger partial charge in [-0.05, 0) is 72.7 Å². The quantitative estimate of drug-likeness (QED) is 0.339. The van der Waals surface area contributed by atoms with Crippen molar-refractivity contribution < 1.29 is 23.8 Å². The molecule has 0 aromatic heterocycles. The lowest BCUT2D eigenvalue weighted by Gasteiger charge is -2.30. The van der Waals surface area contributed by atoms with E-state index in [4.69, 9.17) is 26.4 Å². The van der Waals surface area contributed by atoms with Crippen LogP contribution in [0.3, 0.4) is 0 Å². The lowest BCUT2D eigenvalue weighted by atomic mass is 10.1. The maximum atomic E-state index is 13.6. The number of anilines is 2. The first-order valence-corrected chi connectivity index (χ1v) is 12.5. The van der Waals surface area contributed by atoms with Crippen LogP contribution in [0, 0.1) is 0 Å². The number of thiocarbonyl (C=S) groups is 1. The lowest BCUT2D eigenvalue weighted by molar-refractivity contribution is -0.122. The Labute approximate surface area is 220 Å². The number of imide groups is 1. The van der Waals surface area contributed by atoms with Crippen molar-refractivity contribution in [3.05, 3.63) is 78.4 Å². The molecule has 0 spiro atoms. The van der Waals surface area contributed by atoms with Crippen LogP contribution in [0.25, 0.3) is 0 Å². The highest BCUT2D eigenvalue weighted by molar-refractivity contribution is 7.80. The molecule has 190 valence electrons. The Balaban J connectivity index is 1.40. The molecular weight excluding hydrogens is 490 g/mol. The van der Waals surface area contributed by atoms with E-state index in [0.717, 1.165) is 17.7 Å². The number of benzene rings is 3. The Morgan fingerprint density at radius 1 is 1.05 bits per heavy atom. The fraction of sp³-hybridized carbons (Fsp3) is 0.250. The Hall–Kier alpha value is -4.11. The third-order valence-electron chi connectivity index (χ3n) is 6.14. The number of para-hydroxylation sites is 1. The van der Waals surface area contributed by atoms with Crippen molar-refractivity contribution >= 4 is 40.5 Å². The first-order valence-electron chi connectivity index (χ1n) is 12.1. The highest BCUT2D eigenvalue weighted by Gasteiger charge is 2.43. The van der Waals surface area contributed by atoms with Gasteiger partial charge in [-0.25, -0.2) is 4.90 Å². The van der Waals surface area contributed by atoms with Gasteiger partial charge >= 0.3 is 0 Å². The second-order valence-corrected chi connectivity index (χ2v) is 9.13. The summed E-state index contributed by atoms with van der Waals surface area (Å²) >= 11 is 5.76. The summed E-state index contributed by atoms with van der Waals surface area (Å²) in [6.07, 6.45) is 0.900. The Bertz CT molecular complexity index is 1300. The first-order chi connectivity index (χ1) is 18.0. The third kappa shape index (κ3) is 5.36. The summed E-state index contributed by atoms with van der Waals surface area (Å²) in [5, 5.41) is 3.56. The van der Waals surface area contributed by atoms with Gasteiger partial charge in [0.05, 0.1) is 18.7 Å². The van der Waals surface area contributed by atoms with E-state index in [1.54, 1.807) is 29.2 Å². The Morgan fingerprint density at radius 3 is 2.57 bits per heavy atom. The van der Waals surface area contributed by atoms with Gasteiger partial charge in [0.1, 0.15) is 11.8 Å². The monoisotopic (exact) mass is 517 g/mol. The van der Waals surface area contributed by atoms with Crippen LogP contribution in [0.4, 0.5) is 11.4 Å². The van der Waals surface area contributed by atoms with Gasteiger partial charge in [-0.3, -0.25) is 9.59 Å². The Morgan fingerprint density at radius 2 is 1.81 bits per heavy atom. The first kappa shape index (κ1) is 24.6. The number of hydrogen-bond donors (Lipinski definition) is 1. The van der Waals surface area contributed by atoms with Crippen LogP contribution >= 0.6 is 12.2 Å². The maximum absolute atomic E-state index is 13.6. The molecule has 2 aliphatic rings. The van der Waals surface area contributed by atoms with E-state index in [9.17, 15) is 9.59 Å². The third-order valence-corrected chi connectivity index (χ3v) is 6.48. The molecule has 2 aliphatic heterocycles.